The van der Waals surface area contributed by atoms with Gasteiger partial charge in [0, 0.05) is 18.3 Å². The lowest BCUT2D eigenvalue weighted by molar-refractivity contribution is 0.744. The minimum atomic E-state index is 0.638. The van der Waals surface area contributed by atoms with Gasteiger partial charge in [-0.1, -0.05) is 48.2 Å². The molecule has 0 aliphatic rings. The maximum Gasteiger partial charge on any atom is 0.209 e. The van der Waals surface area contributed by atoms with Crippen LogP contribution in [0.1, 0.15) is 11.5 Å². The first-order chi connectivity index (χ1) is 11.7. The maximum absolute atomic E-state index is 4.62. The average molecular weight is 336 g/mol. The Morgan fingerprint density at radius 1 is 0.958 bits per heavy atom. The first-order valence-electron chi connectivity index (χ1n) is 7.61. The number of hydrogen-bond donors (Lipinski definition) is 0. The SMILES string of the molecule is Cc1cccc2nc(CSc3nc(-c4ccccc4)n(C)n3)nn12. The summed E-state index contributed by atoms with van der Waals surface area (Å²) in [4.78, 5) is 9.16. The van der Waals surface area contributed by atoms with Crippen LogP contribution in [0.3, 0.4) is 0 Å². The molecule has 0 fully saturated rings. The zero-order chi connectivity index (χ0) is 16.5. The van der Waals surface area contributed by atoms with Crippen molar-refractivity contribution in [2.45, 2.75) is 17.8 Å². The summed E-state index contributed by atoms with van der Waals surface area (Å²) in [5.74, 6) is 2.28. The predicted octanol–water partition coefficient (Wildman–Crippen LogP) is 3.13. The molecular formula is C17H16N6S. The molecular weight excluding hydrogens is 320 g/mol. The zero-order valence-electron chi connectivity index (χ0n) is 13.4. The van der Waals surface area contributed by atoms with Crippen molar-refractivity contribution < 1.29 is 0 Å². The highest BCUT2D eigenvalue weighted by atomic mass is 32.2. The molecule has 0 aliphatic carbocycles. The molecule has 1 aromatic carbocycles. The highest BCUT2D eigenvalue weighted by Crippen LogP contribution is 2.23. The van der Waals surface area contributed by atoms with E-state index in [9.17, 15) is 0 Å². The summed E-state index contributed by atoms with van der Waals surface area (Å²) < 4.78 is 3.66. The van der Waals surface area contributed by atoms with Crippen molar-refractivity contribution in [3.8, 4) is 11.4 Å². The van der Waals surface area contributed by atoms with Crippen LogP contribution < -0.4 is 0 Å². The molecule has 7 heteroatoms. The van der Waals surface area contributed by atoms with Gasteiger partial charge in [-0.15, -0.1) is 5.10 Å². The van der Waals surface area contributed by atoms with E-state index in [-0.39, 0.29) is 0 Å². The minimum Gasteiger partial charge on any atom is -0.248 e. The molecule has 0 spiro atoms. The molecule has 3 aromatic heterocycles. The van der Waals surface area contributed by atoms with E-state index in [1.165, 1.54) is 0 Å². The molecule has 4 rings (SSSR count). The second kappa shape index (κ2) is 6.09. The van der Waals surface area contributed by atoms with Crippen molar-refractivity contribution in [3.05, 3.63) is 60.0 Å². The highest BCUT2D eigenvalue weighted by molar-refractivity contribution is 7.98. The van der Waals surface area contributed by atoms with Gasteiger partial charge in [-0.3, -0.25) is 0 Å². The summed E-state index contributed by atoms with van der Waals surface area (Å²) in [6.45, 7) is 2.02. The summed E-state index contributed by atoms with van der Waals surface area (Å²) in [7, 11) is 1.91. The molecule has 0 aliphatic heterocycles. The predicted molar refractivity (Wildman–Crippen MR) is 93.7 cm³/mol. The zero-order valence-corrected chi connectivity index (χ0v) is 14.2. The standard InChI is InChI=1S/C17H16N6S/c1-12-7-6-10-15-18-14(20-23(12)15)11-24-17-19-16(22(2)21-17)13-8-4-3-5-9-13/h3-10H,11H2,1-2H3. The third-order valence-corrected chi connectivity index (χ3v) is 4.53. The van der Waals surface area contributed by atoms with Crippen LogP contribution in [0.4, 0.5) is 0 Å². The molecule has 3 heterocycles. The molecule has 0 amide bonds. The van der Waals surface area contributed by atoms with E-state index < -0.39 is 0 Å². The van der Waals surface area contributed by atoms with E-state index in [0.717, 1.165) is 33.7 Å². The average Bonchev–Trinajstić information content (AvgIpc) is 3.18. The van der Waals surface area contributed by atoms with E-state index in [0.29, 0.717) is 5.75 Å². The monoisotopic (exact) mass is 336 g/mol. The Kier molecular flexibility index (Phi) is 3.78. The van der Waals surface area contributed by atoms with E-state index in [2.05, 4.69) is 20.2 Å². The number of benzene rings is 1. The first-order valence-corrected chi connectivity index (χ1v) is 8.60. The largest absolute Gasteiger partial charge is 0.248 e. The van der Waals surface area contributed by atoms with Gasteiger partial charge in [0.1, 0.15) is 0 Å². The number of nitrogens with zero attached hydrogens (tertiary/aromatic N) is 6. The minimum absolute atomic E-state index is 0.638. The summed E-state index contributed by atoms with van der Waals surface area (Å²) in [6, 6.07) is 16.0. The van der Waals surface area contributed by atoms with Crippen molar-refractivity contribution in [1.82, 2.24) is 29.4 Å². The van der Waals surface area contributed by atoms with Gasteiger partial charge in [0.25, 0.3) is 0 Å². The first kappa shape index (κ1) is 14.9. The fourth-order valence-corrected chi connectivity index (χ4v) is 3.24. The van der Waals surface area contributed by atoms with E-state index in [4.69, 9.17) is 0 Å². The Bertz CT molecular complexity index is 989. The number of fused-ring (bicyclic) bond motifs is 1. The van der Waals surface area contributed by atoms with Crippen LogP contribution in [0.15, 0.2) is 53.7 Å². The number of hydrogen-bond acceptors (Lipinski definition) is 5. The molecule has 0 saturated heterocycles. The quantitative estimate of drug-likeness (QED) is 0.536. The Balaban J connectivity index is 1.54. The van der Waals surface area contributed by atoms with Gasteiger partial charge in [0.05, 0.1) is 5.75 Å². The summed E-state index contributed by atoms with van der Waals surface area (Å²) >= 11 is 1.54. The number of aromatic nitrogens is 6. The van der Waals surface area contributed by atoms with Gasteiger partial charge in [-0.2, -0.15) is 5.10 Å². The normalized spacial score (nSPS) is 11.2. The van der Waals surface area contributed by atoms with E-state index in [1.54, 1.807) is 16.4 Å². The molecule has 0 N–H and O–H groups in total. The summed E-state index contributed by atoms with van der Waals surface area (Å²) in [5.41, 5.74) is 2.99. The van der Waals surface area contributed by atoms with Crippen LogP contribution in [0, 0.1) is 6.92 Å². The van der Waals surface area contributed by atoms with Crippen molar-refractivity contribution in [3.63, 3.8) is 0 Å². The number of rotatable bonds is 4. The van der Waals surface area contributed by atoms with Gasteiger partial charge < -0.3 is 0 Å². The van der Waals surface area contributed by atoms with Gasteiger partial charge in [0.2, 0.25) is 5.16 Å². The van der Waals surface area contributed by atoms with Crippen LogP contribution in [0.2, 0.25) is 0 Å². The smallest absolute Gasteiger partial charge is 0.209 e. The van der Waals surface area contributed by atoms with Crippen LogP contribution >= 0.6 is 11.8 Å². The van der Waals surface area contributed by atoms with Crippen LogP contribution in [-0.2, 0) is 12.8 Å². The fourth-order valence-electron chi connectivity index (χ4n) is 2.53. The van der Waals surface area contributed by atoms with Crippen molar-refractivity contribution in [2.75, 3.05) is 0 Å². The molecule has 0 radical (unpaired) electrons. The third-order valence-electron chi connectivity index (χ3n) is 3.70. The second-order valence-corrected chi connectivity index (χ2v) is 6.40. The molecule has 0 atom stereocenters. The van der Waals surface area contributed by atoms with E-state index in [1.807, 2.05) is 67.0 Å². The Morgan fingerprint density at radius 2 is 1.79 bits per heavy atom. The topological polar surface area (TPSA) is 60.9 Å². The Labute approximate surface area is 143 Å². The van der Waals surface area contributed by atoms with Crippen LogP contribution in [0.5, 0.6) is 0 Å². The lowest BCUT2D eigenvalue weighted by atomic mass is 10.2. The van der Waals surface area contributed by atoms with Gasteiger partial charge in [0.15, 0.2) is 17.3 Å². The summed E-state index contributed by atoms with van der Waals surface area (Å²) in [6.07, 6.45) is 0. The molecule has 0 unspecified atom stereocenters. The van der Waals surface area contributed by atoms with Crippen LogP contribution in [0.25, 0.3) is 17.0 Å². The molecule has 120 valence electrons. The number of pyridine rings is 1. The fraction of sp³-hybridized carbons (Fsp3) is 0.176. The van der Waals surface area contributed by atoms with Crippen molar-refractivity contribution in [1.29, 1.82) is 0 Å². The lowest BCUT2D eigenvalue weighted by Crippen LogP contribution is -1.94. The molecule has 6 nitrogen and oxygen atoms in total. The van der Waals surface area contributed by atoms with Gasteiger partial charge in [-0.25, -0.2) is 19.2 Å². The highest BCUT2D eigenvalue weighted by Gasteiger charge is 2.11. The number of aryl methyl sites for hydroxylation is 2. The Morgan fingerprint density at radius 3 is 2.58 bits per heavy atom. The Hall–Kier alpha value is -2.67. The second-order valence-electron chi connectivity index (χ2n) is 5.46. The van der Waals surface area contributed by atoms with Crippen molar-refractivity contribution in [2.24, 2.45) is 7.05 Å². The molecule has 0 saturated carbocycles. The molecule has 4 aromatic rings. The third kappa shape index (κ3) is 2.78. The number of thioether (sulfide) groups is 1. The van der Waals surface area contributed by atoms with Gasteiger partial charge in [-0.05, 0) is 19.1 Å². The molecule has 24 heavy (non-hydrogen) atoms. The lowest BCUT2D eigenvalue weighted by Gasteiger charge is -1.97. The van der Waals surface area contributed by atoms with Gasteiger partial charge >= 0.3 is 0 Å². The van der Waals surface area contributed by atoms with Crippen molar-refractivity contribution >= 4 is 17.4 Å². The summed E-state index contributed by atoms with van der Waals surface area (Å²) in [5, 5.41) is 9.75. The van der Waals surface area contributed by atoms with E-state index >= 15 is 0 Å². The maximum atomic E-state index is 4.62. The van der Waals surface area contributed by atoms with Crippen LogP contribution in [-0.4, -0.2) is 29.4 Å². The molecule has 0 bridgehead atoms.